The number of aryl methyl sites for hydroxylation is 3. The van der Waals surface area contributed by atoms with Crippen LogP contribution in [0.25, 0.3) is 17.1 Å². The highest BCUT2D eigenvalue weighted by atomic mass is 32.2. The van der Waals surface area contributed by atoms with E-state index in [2.05, 4.69) is 51.8 Å². The fourth-order valence-electron chi connectivity index (χ4n) is 3.70. The first-order valence-corrected chi connectivity index (χ1v) is 11.4. The highest BCUT2D eigenvalue weighted by molar-refractivity contribution is 7.99. The molecule has 0 aliphatic rings. The van der Waals surface area contributed by atoms with Crippen LogP contribution < -0.4 is 0 Å². The molecule has 0 aliphatic heterocycles. The van der Waals surface area contributed by atoms with Gasteiger partial charge in [-0.15, -0.1) is 10.2 Å². The Kier molecular flexibility index (Phi) is 6.32. The van der Waals surface area contributed by atoms with Crippen molar-refractivity contribution in [1.82, 2.24) is 24.3 Å². The number of Topliss-reactive ketones (excluding diaryl/α,β-unsaturated/α-hetero) is 1. The third kappa shape index (κ3) is 4.18. The Balaban J connectivity index is 1.80. The number of hydrogen-bond donors (Lipinski definition) is 0. The van der Waals surface area contributed by atoms with Crippen molar-refractivity contribution < 1.29 is 4.79 Å². The van der Waals surface area contributed by atoms with Gasteiger partial charge < -0.3 is 4.57 Å². The lowest BCUT2D eigenvalue weighted by molar-refractivity contribution is 0.101. The zero-order valence-corrected chi connectivity index (χ0v) is 18.8. The van der Waals surface area contributed by atoms with Crippen LogP contribution >= 0.6 is 11.8 Å². The lowest BCUT2D eigenvalue weighted by Crippen LogP contribution is -2.10. The molecule has 0 saturated heterocycles. The maximum atomic E-state index is 12.8. The van der Waals surface area contributed by atoms with E-state index in [9.17, 15) is 4.79 Å². The van der Waals surface area contributed by atoms with Crippen LogP contribution in [0.5, 0.6) is 0 Å². The minimum atomic E-state index is 0.0643. The van der Waals surface area contributed by atoms with Crippen molar-refractivity contribution in [3.63, 3.8) is 0 Å². The van der Waals surface area contributed by atoms with Crippen LogP contribution in [0.4, 0.5) is 0 Å². The zero-order valence-electron chi connectivity index (χ0n) is 17.9. The highest BCUT2D eigenvalue weighted by Gasteiger charge is 2.21. The van der Waals surface area contributed by atoms with Gasteiger partial charge in [-0.1, -0.05) is 43.8 Å². The van der Waals surface area contributed by atoms with Gasteiger partial charge in [0, 0.05) is 31.2 Å². The van der Waals surface area contributed by atoms with E-state index in [-0.39, 0.29) is 5.78 Å². The molecule has 0 amide bonds. The Labute approximate surface area is 186 Å². The van der Waals surface area contributed by atoms with E-state index in [4.69, 9.17) is 0 Å². The number of nitrogens with zero attached hydrogens (tertiary/aromatic N) is 5. The molecule has 4 rings (SSSR count). The van der Waals surface area contributed by atoms with Crippen molar-refractivity contribution in [1.29, 1.82) is 0 Å². The van der Waals surface area contributed by atoms with Crippen LogP contribution in [0.2, 0.25) is 0 Å². The average molecular weight is 432 g/mol. The highest BCUT2D eigenvalue weighted by Crippen LogP contribution is 2.32. The number of carbonyl (C=O) groups is 1. The molecule has 0 fully saturated rings. The Morgan fingerprint density at radius 1 is 1.00 bits per heavy atom. The number of hydrogen-bond acceptors (Lipinski definition) is 5. The fraction of sp³-hybridized carbons (Fsp3) is 0.250. The number of para-hydroxylation sites is 1. The number of benzene rings is 1. The number of thioether (sulfide) groups is 1. The summed E-state index contributed by atoms with van der Waals surface area (Å²) in [6, 6.07) is 14.0. The summed E-state index contributed by atoms with van der Waals surface area (Å²) >= 11 is 1.42. The first-order chi connectivity index (χ1) is 15.1. The third-order valence-electron chi connectivity index (χ3n) is 5.30. The number of carbonyl (C=O) groups excluding carboxylic acids is 1. The van der Waals surface area contributed by atoms with Gasteiger partial charge in [0.2, 0.25) is 0 Å². The number of rotatable bonds is 8. The Hall–Kier alpha value is -3.19. The van der Waals surface area contributed by atoms with Gasteiger partial charge in [0.15, 0.2) is 16.8 Å². The quantitative estimate of drug-likeness (QED) is 0.297. The number of pyridine rings is 1. The SMILES string of the molecule is CCc1cccc(CC)c1-n1c(SCC(=O)c2cccn2C)nnc1-c1cccnc1. The van der Waals surface area contributed by atoms with Gasteiger partial charge in [0.1, 0.15) is 0 Å². The molecule has 6 nitrogen and oxygen atoms in total. The second-order valence-electron chi connectivity index (χ2n) is 7.23. The molecule has 0 unspecified atom stereocenters. The van der Waals surface area contributed by atoms with Crippen molar-refractivity contribution in [3.05, 3.63) is 77.9 Å². The van der Waals surface area contributed by atoms with Gasteiger partial charge in [0.05, 0.1) is 17.1 Å². The molecule has 0 saturated carbocycles. The summed E-state index contributed by atoms with van der Waals surface area (Å²) in [5.74, 6) is 1.09. The minimum absolute atomic E-state index is 0.0643. The van der Waals surface area contributed by atoms with Crippen molar-refractivity contribution in [2.75, 3.05) is 5.75 Å². The first-order valence-electron chi connectivity index (χ1n) is 10.4. The van der Waals surface area contributed by atoms with Crippen molar-refractivity contribution in [2.24, 2.45) is 7.05 Å². The molecule has 0 atom stereocenters. The molecule has 31 heavy (non-hydrogen) atoms. The van der Waals surface area contributed by atoms with E-state index < -0.39 is 0 Å². The molecule has 3 heterocycles. The van der Waals surface area contributed by atoms with Crippen molar-refractivity contribution >= 4 is 17.5 Å². The van der Waals surface area contributed by atoms with E-state index in [1.807, 2.05) is 42.1 Å². The van der Waals surface area contributed by atoms with E-state index in [0.29, 0.717) is 16.6 Å². The third-order valence-corrected chi connectivity index (χ3v) is 6.23. The molecule has 0 aliphatic carbocycles. The summed E-state index contributed by atoms with van der Waals surface area (Å²) < 4.78 is 3.94. The van der Waals surface area contributed by atoms with E-state index in [1.165, 1.54) is 22.9 Å². The van der Waals surface area contributed by atoms with Crippen molar-refractivity contribution in [3.8, 4) is 17.1 Å². The minimum Gasteiger partial charge on any atom is -0.348 e. The van der Waals surface area contributed by atoms with E-state index >= 15 is 0 Å². The van der Waals surface area contributed by atoms with Gasteiger partial charge in [-0.2, -0.15) is 0 Å². The number of ketones is 1. The Bertz CT molecular complexity index is 1170. The van der Waals surface area contributed by atoms with E-state index in [1.54, 1.807) is 12.4 Å². The molecule has 0 radical (unpaired) electrons. The molecular weight excluding hydrogens is 406 g/mol. The van der Waals surface area contributed by atoms with Crippen LogP contribution in [-0.4, -0.2) is 35.9 Å². The molecule has 158 valence electrons. The van der Waals surface area contributed by atoms with Gasteiger partial charge >= 0.3 is 0 Å². The summed E-state index contributed by atoms with van der Waals surface area (Å²) in [5.41, 5.74) is 5.13. The van der Waals surface area contributed by atoms with Crippen LogP contribution in [0.15, 0.2) is 66.2 Å². The monoisotopic (exact) mass is 431 g/mol. The first kappa shape index (κ1) is 21.1. The second kappa shape index (κ2) is 9.31. The maximum Gasteiger partial charge on any atom is 0.196 e. The van der Waals surface area contributed by atoms with Crippen LogP contribution in [0.3, 0.4) is 0 Å². The molecule has 4 aromatic rings. The predicted molar refractivity (Wildman–Crippen MR) is 124 cm³/mol. The van der Waals surface area contributed by atoms with Crippen LogP contribution in [0, 0.1) is 0 Å². The summed E-state index contributed by atoms with van der Waals surface area (Å²) in [6.45, 7) is 4.30. The Morgan fingerprint density at radius 2 is 1.77 bits per heavy atom. The average Bonchev–Trinajstić information content (AvgIpc) is 3.43. The van der Waals surface area contributed by atoms with Gasteiger partial charge in [-0.05, 0) is 48.2 Å². The largest absolute Gasteiger partial charge is 0.348 e. The van der Waals surface area contributed by atoms with Crippen molar-refractivity contribution in [2.45, 2.75) is 31.8 Å². The summed E-state index contributed by atoms with van der Waals surface area (Å²) in [7, 11) is 1.88. The Morgan fingerprint density at radius 3 is 2.39 bits per heavy atom. The molecular formula is C24H25N5OS. The normalized spacial score (nSPS) is 11.1. The molecule has 0 N–H and O–H groups in total. The fourth-order valence-corrected chi connectivity index (χ4v) is 4.52. The van der Waals surface area contributed by atoms with Crippen LogP contribution in [-0.2, 0) is 19.9 Å². The standard InChI is InChI=1S/C24H25N5OS/c1-4-17-9-6-10-18(5-2)22(17)29-23(19-11-7-13-25-15-19)26-27-24(29)31-16-21(30)20-12-8-14-28(20)3/h6-15H,4-5,16H2,1-3H3. The lowest BCUT2D eigenvalue weighted by atomic mass is 10.0. The van der Waals surface area contributed by atoms with E-state index in [0.717, 1.165) is 29.9 Å². The van der Waals surface area contributed by atoms with Crippen LogP contribution in [0.1, 0.15) is 35.5 Å². The smallest absolute Gasteiger partial charge is 0.196 e. The van der Waals surface area contributed by atoms with Gasteiger partial charge in [0.25, 0.3) is 0 Å². The molecule has 0 spiro atoms. The summed E-state index contributed by atoms with van der Waals surface area (Å²) in [4.78, 5) is 17.0. The predicted octanol–water partition coefficient (Wildman–Crippen LogP) is 4.77. The second-order valence-corrected chi connectivity index (χ2v) is 8.17. The lowest BCUT2D eigenvalue weighted by Gasteiger charge is -2.17. The maximum absolute atomic E-state index is 12.8. The summed E-state index contributed by atoms with van der Waals surface area (Å²) in [6.07, 6.45) is 7.20. The number of aromatic nitrogens is 5. The van der Waals surface area contributed by atoms with Gasteiger partial charge in [-0.25, -0.2) is 0 Å². The molecule has 1 aromatic carbocycles. The molecule has 0 bridgehead atoms. The van der Waals surface area contributed by atoms with Gasteiger partial charge in [-0.3, -0.25) is 14.3 Å². The topological polar surface area (TPSA) is 65.6 Å². The molecule has 3 aromatic heterocycles. The zero-order chi connectivity index (χ0) is 21.8. The molecule has 7 heteroatoms. The summed E-state index contributed by atoms with van der Waals surface area (Å²) in [5, 5.41) is 9.70.